The molecule has 1 heterocycles. The molecule has 0 aliphatic carbocycles. The van der Waals surface area contributed by atoms with Gasteiger partial charge in [0.2, 0.25) is 0 Å². The summed E-state index contributed by atoms with van der Waals surface area (Å²) in [4.78, 5) is 7.96. The van der Waals surface area contributed by atoms with Crippen molar-refractivity contribution in [2.24, 2.45) is 5.92 Å². The lowest BCUT2D eigenvalue weighted by Crippen LogP contribution is -1.95. The second-order valence-electron chi connectivity index (χ2n) is 6.26. The fourth-order valence-electron chi connectivity index (χ4n) is 2.72. The van der Waals surface area contributed by atoms with Gasteiger partial charge in [-0.05, 0) is 36.0 Å². The number of benzene rings is 2. The van der Waals surface area contributed by atoms with Crippen LogP contribution in [0.5, 0.6) is 0 Å². The number of aryl methyl sites for hydroxylation is 1. The molecule has 0 aliphatic heterocycles. The van der Waals surface area contributed by atoms with Gasteiger partial charge in [0.25, 0.3) is 0 Å². The molecular weight excluding hydrogens is 280 g/mol. The van der Waals surface area contributed by atoms with Gasteiger partial charge in [-0.1, -0.05) is 68.8 Å². The SMILES string of the molecule is CCC(C)CCc1cccc(-c2cnc(-c3ccccc3)[nH]2)c1. The fraction of sp³-hybridized carbons (Fsp3) is 0.286. The highest BCUT2D eigenvalue weighted by molar-refractivity contribution is 5.64. The zero-order chi connectivity index (χ0) is 16.1. The highest BCUT2D eigenvalue weighted by Crippen LogP contribution is 2.23. The average molecular weight is 304 g/mol. The summed E-state index contributed by atoms with van der Waals surface area (Å²) in [6, 6.07) is 19.0. The molecule has 118 valence electrons. The Bertz CT molecular complexity index is 743. The van der Waals surface area contributed by atoms with E-state index in [1.54, 1.807) is 0 Å². The third kappa shape index (κ3) is 3.89. The molecule has 0 spiro atoms. The van der Waals surface area contributed by atoms with Crippen molar-refractivity contribution in [3.8, 4) is 22.6 Å². The molecule has 0 aliphatic rings. The molecule has 1 N–H and O–H groups in total. The average Bonchev–Trinajstić information content (AvgIpc) is 3.11. The Kier molecular flexibility index (Phi) is 4.92. The summed E-state index contributed by atoms with van der Waals surface area (Å²) in [5, 5.41) is 0. The molecule has 1 atom stereocenters. The minimum absolute atomic E-state index is 0.787. The lowest BCUT2D eigenvalue weighted by Gasteiger charge is -2.08. The molecule has 3 rings (SSSR count). The predicted octanol–water partition coefficient (Wildman–Crippen LogP) is 5.72. The second kappa shape index (κ2) is 7.28. The summed E-state index contributed by atoms with van der Waals surface area (Å²) in [5.74, 6) is 1.71. The number of nitrogens with one attached hydrogen (secondary N) is 1. The van der Waals surface area contributed by atoms with Crippen molar-refractivity contribution >= 4 is 0 Å². The maximum Gasteiger partial charge on any atom is 0.137 e. The van der Waals surface area contributed by atoms with E-state index in [4.69, 9.17) is 0 Å². The number of aromatic nitrogens is 2. The van der Waals surface area contributed by atoms with Gasteiger partial charge in [-0.15, -0.1) is 0 Å². The lowest BCUT2D eigenvalue weighted by atomic mass is 9.98. The van der Waals surface area contributed by atoms with E-state index in [1.165, 1.54) is 24.0 Å². The van der Waals surface area contributed by atoms with Crippen molar-refractivity contribution in [3.63, 3.8) is 0 Å². The number of imidazole rings is 1. The van der Waals surface area contributed by atoms with Crippen molar-refractivity contribution < 1.29 is 0 Å². The molecular formula is C21H24N2. The number of rotatable bonds is 6. The van der Waals surface area contributed by atoms with Gasteiger partial charge in [0.15, 0.2) is 0 Å². The van der Waals surface area contributed by atoms with Gasteiger partial charge in [-0.2, -0.15) is 0 Å². The Hall–Kier alpha value is -2.35. The van der Waals surface area contributed by atoms with Crippen molar-refractivity contribution in [2.45, 2.75) is 33.1 Å². The van der Waals surface area contributed by atoms with E-state index in [1.807, 2.05) is 24.4 Å². The minimum Gasteiger partial charge on any atom is -0.338 e. The third-order valence-corrected chi connectivity index (χ3v) is 4.48. The molecule has 0 saturated carbocycles. The molecule has 0 bridgehead atoms. The second-order valence-corrected chi connectivity index (χ2v) is 6.26. The Morgan fingerprint density at radius 2 is 1.78 bits per heavy atom. The molecule has 0 saturated heterocycles. The van der Waals surface area contributed by atoms with Crippen LogP contribution in [0.4, 0.5) is 0 Å². The predicted molar refractivity (Wildman–Crippen MR) is 97.2 cm³/mol. The van der Waals surface area contributed by atoms with Crippen LogP contribution >= 0.6 is 0 Å². The topological polar surface area (TPSA) is 28.7 Å². The lowest BCUT2D eigenvalue weighted by molar-refractivity contribution is 0.516. The van der Waals surface area contributed by atoms with Crippen LogP contribution in [-0.2, 0) is 6.42 Å². The number of nitrogens with zero attached hydrogens (tertiary/aromatic N) is 1. The Morgan fingerprint density at radius 3 is 2.57 bits per heavy atom. The van der Waals surface area contributed by atoms with Gasteiger partial charge >= 0.3 is 0 Å². The van der Waals surface area contributed by atoms with Gasteiger partial charge in [0.1, 0.15) is 5.82 Å². The zero-order valence-corrected chi connectivity index (χ0v) is 13.9. The smallest absolute Gasteiger partial charge is 0.137 e. The van der Waals surface area contributed by atoms with Gasteiger partial charge in [-0.3, -0.25) is 0 Å². The van der Waals surface area contributed by atoms with Crippen LogP contribution in [-0.4, -0.2) is 9.97 Å². The van der Waals surface area contributed by atoms with Crippen LogP contribution < -0.4 is 0 Å². The van der Waals surface area contributed by atoms with E-state index < -0.39 is 0 Å². The first-order valence-corrected chi connectivity index (χ1v) is 8.46. The molecule has 1 aromatic heterocycles. The molecule has 0 amide bonds. The van der Waals surface area contributed by atoms with Gasteiger partial charge in [0.05, 0.1) is 11.9 Å². The minimum atomic E-state index is 0.787. The summed E-state index contributed by atoms with van der Waals surface area (Å²) in [6.45, 7) is 4.58. The Labute approximate surface area is 138 Å². The molecule has 23 heavy (non-hydrogen) atoms. The van der Waals surface area contributed by atoms with E-state index in [9.17, 15) is 0 Å². The quantitative estimate of drug-likeness (QED) is 0.619. The Balaban J connectivity index is 1.78. The van der Waals surface area contributed by atoms with Crippen molar-refractivity contribution in [1.82, 2.24) is 9.97 Å². The van der Waals surface area contributed by atoms with Crippen LogP contribution in [0.1, 0.15) is 32.3 Å². The maximum atomic E-state index is 4.52. The maximum absolute atomic E-state index is 4.52. The van der Waals surface area contributed by atoms with Crippen LogP contribution in [0.3, 0.4) is 0 Å². The van der Waals surface area contributed by atoms with E-state index >= 15 is 0 Å². The molecule has 0 fully saturated rings. The molecule has 2 nitrogen and oxygen atoms in total. The normalized spacial score (nSPS) is 12.3. The first-order chi connectivity index (χ1) is 11.3. The standard InChI is InChI=1S/C21H24N2/c1-3-16(2)12-13-17-8-7-11-19(14-17)20-15-22-21(23-20)18-9-5-4-6-10-18/h4-11,14-16H,3,12-13H2,1-2H3,(H,22,23). The first-order valence-electron chi connectivity index (χ1n) is 8.46. The molecule has 2 heteroatoms. The van der Waals surface area contributed by atoms with Gasteiger partial charge < -0.3 is 4.98 Å². The Morgan fingerprint density at radius 1 is 1.00 bits per heavy atom. The summed E-state index contributed by atoms with van der Waals surface area (Å²) < 4.78 is 0. The van der Waals surface area contributed by atoms with E-state index in [-0.39, 0.29) is 0 Å². The van der Waals surface area contributed by atoms with Crippen LogP contribution in [0, 0.1) is 5.92 Å². The van der Waals surface area contributed by atoms with Gasteiger partial charge in [-0.25, -0.2) is 4.98 Å². The number of hydrogen-bond donors (Lipinski definition) is 1. The zero-order valence-electron chi connectivity index (χ0n) is 13.9. The summed E-state index contributed by atoms with van der Waals surface area (Å²) in [6.07, 6.45) is 5.57. The van der Waals surface area contributed by atoms with Crippen molar-refractivity contribution in [2.75, 3.05) is 0 Å². The van der Waals surface area contributed by atoms with E-state index in [0.717, 1.165) is 29.4 Å². The summed E-state index contributed by atoms with van der Waals surface area (Å²) >= 11 is 0. The van der Waals surface area contributed by atoms with Crippen molar-refractivity contribution in [1.29, 1.82) is 0 Å². The third-order valence-electron chi connectivity index (χ3n) is 4.48. The highest BCUT2D eigenvalue weighted by atomic mass is 14.9. The highest BCUT2D eigenvalue weighted by Gasteiger charge is 2.06. The van der Waals surface area contributed by atoms with Crippen LogP contribution in [0.25, 0.3) is 22.6 Å². The molecule has 3 aromatic rings. The molecule has 1 unspecified atom stereocenters. The van der Waals surface area contributed by atoms with E-state index in [0.29, 0.717) is 0 Å². The molecule has 2 aromatic carbocycles. The van der Waals surface area contributed by atoms with Gasteiger partial charge in [0, 0.05) is 5.56 Å². The van der Waals surface area contributed by atoms with Crippen LogP contribution in [0.2, 0.25) is 0 Å². The number of hydrogen-bond acceptors (Lipinski definition) is 1. The largest absolute Gasteiger partial charge is 0.338 e. The molecule has 0 radical (unpaired) electrons. The first kappa shape index (κ1) is 15.5. The summed E-state index contributed by atoms with van der Waals surface area (Å²) in [5.41, 5.74) is 4.81. The fourth-order valence-corrected chi connectivity index (χ4v) is 2.72. The summed E-state index contributed by atoms with van der Waals surface area (Å²) in [7, 11) is 0. The number of H-pyrrole nitrogens is 1. The van der Waals surface area contributed by atoms with Crippen LogP contribution in [0.15, 0.2) is 60.8 Å². The number of aromatic amines is 1. The van der Waals surface area contributed by atoms with Crippen molar-refractivity contribution in [3.05, 3.63) is 66.4 Å². The van der Waals surface area contributed by atoms with E-state index in [2.05, 4.69) is 60.2 Å². The monoisotopic (exact) mass is 304 g/mol.